The van der Waals surface area contributed by atoms with Crippen LogP contribution >= 0.6 is 0 Å². The lowest BCUT2D eigenvalue weighted by Crippen LogP contribution is -2.28. The molecule has 0 aromatic carbocycles. The fourth-order valence-corrected chi connectivity index (χ4v) is 4.51. The summed E-state index contributed by atoms with van der Waals surface area (Å²) in [5.74, 6) is 0. The van der Waals surface area contributed by atoms with Gasteiger partial charge in [0.15, 0.2) is 0 Å². The van der Waals surface area contributed by atoms with Crippen molar-refractivity contribution in [3.8, 4) is 11.3 Å². The monoisotopic (exact) mass is 341 g/mol. The van der Waals surface area contributed by atoms with Crippen LogP contribution in [0.15, 0.2) is 24.9 Å². The van der Waals surface area contributed by atoms with Gasteiger partial charge >= 0.3 is 0 Å². The van der Waals surface area contributed by atoms with Crippen LogP contribution in [0.3, 0.4) is 0 Å². The topological polar surface area (TPSA) is 38.9 Å². The summed E-state index contributed by atoms with van der Waals surface area (Å²) < 4.78 is 4.58. The van der Waals surface area contributed by atoms with E-state index >= 15 is 0 Å². The summed E-state index contributed by atoms with van der Waals surface area (Å²) in [6.07, 6.45) is 18.7. The molecule has 0 amide bonds. The number of hydrogen-bond donors (Lipinski definition) is 0. The normalized spacial score (nSPS) is 21.0. The molecule has 25 heavy (non-hydrogen) atoms. The molecule has 2 aliphatic rings. The van der Waals surface area contributed by atoms with Gasteiger partial charge in [-0.2, -0.15) is 5.10 Å². The maximum Gasteiger partial charge on any atom is 0.0954 e. The molecule has 5 heteroatoms. The molecule has 1 saturated heterocycles. The van der Waals surface area contributed by atoms with E-state index in [2.05, 4.69) is 32.3 Å². The summed E-state index contributed by atoms with van der Waals surface area (Å²) in [7, 11) is 0. The number of hydrogen-bond acceptors (Lipinski definition) is 3. The summed E-state index contributed by atoms with van der Waals surface area (Å²) in [6, 6.07) is 1.08. The molecule has 2 aromatic rings. The van der Waals surface area contributed by atoms with Gasteiger partial charge in [0.2, 0.25) is 0 Å². The maximum absolute atomic E-state index is 4.69. The van der Waals surface area contributed by atoms with Crippen LogP contribution in [-0.4, -0.2) is 43.9 Å². The minimum absolute atomic E-state index is 0.494. The Labute approximate surface area is 151 Å². The quantitative estimate of drug-likeness (QED) is 0.786. The molecule has 1 atom stereocenters. The van der Waals surface area contributed by atoms with Gasteiger partial charge in [0.05, 0.1) is 30.5 Å². The highest BCUT2D eigenvalue weighted by Gasteiger charge is 2.21. The Morgan fingerprint density at radius 3 is 2.64 bits per heavy atom. The van der Waals surface area contributed by atoms with E-state index in [0.717, 1.165) is 13.0 Å². The standard InChI is InChI=1S/C20H31N5/c1-2-18(15-23-10-6-7-11-23)24-16-21-13-20(24)17-12-22-25(14-17)19-8-4-3-5-9-19/h12-14,16,18-19H,2-11,15H2,1H3. The number of likely N-dealkylation sites (tertiary alicyclic amines) is 1. The Hall–Kier alpha value is -1.62. The molecule has 1 aliphatic heterocycles. The SMILES string of the molecule is CCC(CN1CCCC1)n1cncc1-c1cnn(C2CCCCC2)c1. The fourth-order valence-electron chi connectivity index (χ4n) is 4.51. The van der Waals surface area contributed by atoms with E-state index in [0.29, 0.717) is 12.1 Å². The maximum atomic E-state index is 4.69. The van der Waals surface area contributed by atoms with Gasteiger partial charge in [0.1, 0.15) is 0 Å². The molecule has 2 aromatic heterocycles. The third-order valence-corrected chi connectivity index (χ3v) is 6.04. The molecule has 0 N–H and O–H groups in total. The van der Waals surface area contributed by atoms with E-state index in [1.807, 2.05) is 18.7 Å². The van der Waals surface area contributed by atoms with Gasteiger partial charge in [-0.15, -0.1) is 0 Å². The zero-order valence-corrected chi connectivity index (χ0v) is 15.5. The first-order valence-corrected chi connectivity index (χ1v) is 10.1. The van der Waals surface area contributed by atoms with E-state index in [-0.39, 0.29) is 0 Å². The van der Waals surface area contributed by atoms with Gasteiger partial charge < -0.3 is 9.47 Å². The lowest BCUT2D eigenvalue weighted by Gasteiger charge is -2.25. The van der Waals surface area contributed by atoms with E-state index in [4.69, 9.17) is 5.10 Å². The van der Waals surface area contributed by atoms with Gasteiger partial charge in [-0.25, -0.2) is 4.98 Å². The summed E-state index contributed by atoms with van der Waals surface area (Å²) in [6.45, 7) is 5.92. The average Bonchev–Trinajstić information content (AvgIpc) is 3.41. The molecule has 136 valence electrons. The molecule has 1 saturated carbocycles. The predicted octanol–water partition coefficient (Wildman–Crippen LogP) is 4.30. The lowest BCUT2D eigenvalue weighted by molar-refractivity contribution is 0.273. The first-order valence-electron chi connectivity index (χ1n) is 10.1. The highest BCUT2D eigenvalue weighted by Crippen LogP contribution is 2.30. The zero-order chi connectivity index (χ0) is 17.1. The van der Waals surface area contributed by atoms with Gasteiger partial charge in [-0.05, 0) is 45.2 Å². The number of nitrogens with zero attached hydrogens (tertiary/aromatic N) is 5. The second-order valence-electron chi connectivity index (χ2n) is 7.76. The van der Waals surface area contributed by atoms with Crippen molar-refractivity contribution in [1.82, 2.24) is 24.2 Å². The van der Waals surface area contributed by atoms with Crippen molar-refractivity contribution in [1.29, 1.82) is 0 Å². The molecule has 0 spiro atoms. The second kappa shape index (κ2) is 7.73. The average molecular weight is 342 g/mol. The highest BCUT2D eigenvalue weighted by molar-refractivity contribution is 5.56. The largest absolute Gasteiger partial charge is 0.326 e. The van der Waals surface area contributed by atoms with Gasteiger partial charge in [0, 0.05) is 24.3 Å². The Balaban J connectivity index is 1.53. The molecule has 1 unspecified atom stereocenters. The second-order valence-corrected chi connectivity index (χ2v) is 7.76. The first-order chi connectivity index (χ1) is 12.3. The number of rotatable bonds is 6. The molecule has 5 nitrogen and oxygen atoms in total. The smallest absolute Gasteiger partial charge is 0.0954 e. The Morgan fingerprint density at radius 2 is 1.88 bits per heavy atom. The predicted molar refractivity (Wildman–Crippen MR) is 101 cm³/mol. The van der Waals surface area contributed by atoms with Crippen LogP contribution in [0.5, 0.6) is 0 Å². The Kier molecular flexibility index (Phi) is 5.20. The molecule has 2 fully saturated rings. The highest BCUT2D eigenvalue weighted by atomic mass is 15.3. The first kappa shape index (κ1) is 16.8. The van der Waals surface area contributed by atoms with Crippen molar-refractivity contribution in [2.75, 3.05) is 19.6 Å². The Morgan fingerprint density at radius 1 is 1.08 bits per heavy atom. The van der Waals surface area contributed by atoms with Crippen LogP contribution < -0.4 is 0 Å². The van der Waals surface area contributed by atoms with E-state index in [9.17, 15) is 0 Å². The van der Waals surface area contributed by atoms with E-state index in [1.54, 1.807) is 0 Å². The van der Waals surface area contributed by atoms with Gasteiger partial charge in [0.25, 0.3) is 0 Å². The molecule has 3 heterocycles. The van der Waals surface area contributed by atoms with E-state index < -0.39 is 0 Å². The van der Waals surface area contributed by atoms with E-state index in [1.165, 1.54) is 69.3 Å². The van der Waals surface area contributed by atoms with Crippen molar-refractivity contribution in [2.45, 2.75) is 70.4 Å². The van der Waals surface area contributed by atoms with Crippen LogP contribution in [0.4, 0.5) is 0 Å². The number of imidazole rings is 1. The molecular weight excluding hydrogens is 310 g/mol. The van der Waals surface area contributed by atoms with Crippen LogP contribution in [0.2, 0.25) is 0 Å². The fraction of sp³-hybridized carbons (Fsp3) is 0.700. The summed E-state index contributed by atoms with van der Waals surface area (Å²) in [4.78, 5) is 7.07. The molecule has 4 rings (SSSR count). The molecule has 1 aliphatic carbocycles. The molecule has 0 radical (unpaired) electrons. The molecule has 0 bridgehead atoms. The van der Waals surface area contributed by atoms with Crippen LogP contribution in [-0.2, 0) is 0 Å². The van der Waals surface area contributed by atoms with Crippen LogP contribution in [0.25, 0.3) is 11.3 Å². The molecular formula is C20H31N5. The van der Waals surface area contributed by atoms with Crippen molar-refractivity contribution in [3.63, 3.8) is 0 Å². The van der Waals surface area contributed by atoms with Crippen LogP contribution in [0.1, 0.15) is 70.4 Å². The Bertz CT molecular complexity index is 661. The van der Waals surface area contributed by atoms with Crippen LogP contribution in [0, 0.1) is 0 Å². The number of aromatic nitrogens is 4. The summed E-state index contributed by atoms with van der Waals surface area (Å²) in [5.41, 5.74) is 2.43. The van der Waals surface area contributed by atoms with Crippen molar-refractivity contribution in [3.05, 3.63) is 24.9 Å². The van der Waals surface area contributed by atoms with Gasteiger partial charge in [-0.3, -0.25) is 4.68 Å². The third-order valence-electron chi connectivity index (χ3n) is 6.04. The third kappa shape index (κ3) is 3.66. The van der Waals surface area contributed by atoms with Crippen molar-refractivity contribution < 1.29 is 0 Å². The minimum Gasteiger partial charge on any atom is -0.326 e. The van der Waals surface area contributed by atoms with Gasteiger partial charge in [-0.1, -0.05) is 26.2 Å². The lowest BCUT2D eigenvalue weighted by atomic mass is 9.96. The summed E-state index contributed by atoms with van der Waals surface area (Å²) >= 11 is 0. The summed E-state index contributed by atoms with van der Waals surface area (Å²) in [5, 5.41) is 4.69. The minimum atomic E-state index is 0.494. The zero-order valence-electron chi connectivity index (χ0n) is 15.5. The van der Waals surface area contributed by atoms with Crippen molar-refractivity contribution >= 4 is 0 Å². The van der Waals surface area contributed by atoms with Crippen molar-refractivity contribution in [2.24, 2.45) is 0 Å².